The number of nitrogens with zero attached hydrogens (tertiary/aromatic N) is 4. The molecule has 2 aromatic carbocycles. The molecule has 174 valence electrons. The topological polar surface area (TPSA) is 101 Å². The second-order valence-electron chi connectivity index (χ2n) is 9.42. The first-order valence-electron chi connectivity index (χ1n) is 11.9. The number of quaternary nitrogens is 1. The molecule has 7 heteroatoms. The van der Waals surface area contributed by atoms with Crippen molar-refractivity contribution < 1.29 is 14.5 Å². The Morgan fingerprint density at radius 1 is 0.971 bits per heavy atom. The normalized spacial score (nSPS) is 25.6. The number of hydrogen-bond donors (Lipinski definition) is 2. The third-order valence-corrected chi connectivity index (χ3v) is 7.31. The van der Waals surface area contributed by atoms with Gasteiger partial charge in [0.05, 0.1) is 35.1 Å². The maximum atomic E-state index is 11.4. The Kier molecular flexibility index (Phi) is 5.16. The molecule has 6 rings (SSSR count). The molecule has 0 saturated heterocycles. The minimum atomic E-state index is -0.707. The molecular formula is C28H26N5O2+. The summed E-state index contributed by atoms with van der Waals surface area (Å²) in [5.74, 6) is 6.85. The van der Waals surface area contributed by atoms with Crippen molar-refractivity contribution in [2.75, 3.05) is 0 Å². The number of fused-ring (bicyclic) bond motifs is 2. The van der Waals surface area contributed by atoms with Gasteiger partial charge >= 0.3 is 5.97 Å². The SMILES string of the molecule is N[N+]12C=CN=CC1=C(C1CCC(C(=O)O)CC1)N=C2c1ccc2ccc(-c3ccccc3)nc2c1. The van der Waals surface area contributed by atoms with Gasteiger partial charge < -0.3 is 5.11 Å². The van der Waals surface area contributed by atoms with Gasteiger partial charge in [0, 0.05) is 16.9 Å². The number of aromatic nitrogens is 1. The van der Waals surface area contributed by atoms with E-state index in [1.54, 1.807) is 12.4 Å². The smallest absolute Gasteiger partial charge is 0.306 e. The van der Waals surface area contributed by atoms with Crippen molar-refractivity contribution in [1.29, 1.82) is 0 Å². The Morgan fingerprint density at radius 2 is 1.74 bits per heavy atom. The lowest BCUT2D eigenvalue weighted by atomic mass is 9.80. The van der Waals surface area contributed by atoms with Crippen molar-refractivity contribution in [2.45, 2.75) is 25.7 Å². The zero-order valence-electron chi connectivity index (χ0n) is 19.2. The van der Waals surface area contributed by atoms with Crippen LogP contribution >= 0.6 is 0 Å². The van der Waals surface area contributed by atoms with Crippen LogP contribution < -0.4 is 5.84 Å². The molecule has 1 atom stereocenters. The molecule has 35 heavy (non-hydrogen) atoms. The highest BCUT2D eigenvalue weighted by atomic mass is 16.4. The van der Waals surface area contributed by atoms with Crippen LogP contribution in [0.5, 0.6) is 0 Å². The Hall–Kier alpha value is -3.94. The highest BCUT2D eigenvalue weighted by Crippen LogP contribution is 2.41. The molecule has 1 aliphatic carbocycles. The first kappa shape index (κ1) is 21.6. The number of benzene rings is 2. The number of hydrogen-bond acceptors (Lipinski definition) is 5. The van der Waals surface area contributed by atoms with Gasteiger partial charge in [0.25, 0.3) is 5.84 Å². The number of aliphatic imine (C=N–C) groups is 2. The summed E-state index contributed by atoms with van der Waals surface area (Å²) in [6.45, 7) is 0. The number of nitrogens with two attached hydrogens (primary N) is 1. The van der Waals surface area contributed by atoms with Crippen molar-refractivity contribution >= 4 is 28.9 Å². The summed E-state index contributed by atoms with van der Waals surface area (Å²) in [5, 5.41) is 10.4. The van der Waals surface area contributed by atoms with Gasteiger partial charge in [-0.2, -0.15) is 10.8 Å². The van der Waals surface area contributed by atoms with Crippen LogP contribution in [0, 0.1) is 11.8 Å². The third kappa shape index (κ3) is 3.69. The van der Waals surface area contributed by atoms with Gasteiger partial charge in [0.2, 0.25) is 5.70 Å². The molecule has 2 aliphatic heterocycles. The van der Waals surface area contributed by atoms with E-state index in [9.17, 15) is 9.90 Å². The van der Waals surface area contributed by atoms with Gasteiger partial charge in [-0.05, 0) is 43.9 Å². The molecule has 3 N–H and O–H groups in total. The Balaban J connectivity index is 1.39. The lowest BCUT2D eigenvalue weighted by molar-refractivity contribution is -0.750. The molecule has 0 spiro atoms. The maximum absolute atomic E-state index is 11.4. The van der Waals surface area contributed by atoms with Crippen molar-refractivity contribution in [1.82, 2.24) is 4.98 Å². The van der Waals surface area contributed by atoms with Crippen LogP contribution in [0.2, 0.25) is 0 Å². The molecule has 1 fully saturated rings. The molecule has 0 bridgehead atoms. The molecule has 0 amide bonds. The number of allylic oxidation sites excluding steroid dienone is 2. The molecule has 1 saturated carbocycles. The molecular weight excluding hydrogens is 438 g/mol. The van der Waals surface area contributed by atoms with Gasteiger partial charge in [0.15, 0.2) is 0 Å². The zero-order valence-corrected chi connectivity index (χ0v) is 19.2. The molecule has 3 heterocycles. The van der Waals surface area contributed by atoms with Crippen molar-refractivity contribution in [2.24, 2.45) is 27.7 Å². The summed E-state index contributed by atoms with van der Waals surface area (Å²) in [6.07, 6.45) is 8.22. The Morgan fingerprint density at radius 3 is 2.51 bits per heavy atom. The summed E-state index contributed by atoms with van der Waals surface area (Å²) < 4.78 is -0.0401. The fourth-order valence-electron chi connectivity index (χ4n) is 5.35. The van der Waals surface area contributed by atoms with Crippen LogP contribution in [-0.4, -0.2) is 32.7 Å². The molecule has 0 radical (unpaired) electrons. The van der Waals surface area contributed by atoms with Gasteiger partial charge in [-0.15, -0.1) is 4.59 Å². The minimum Gasteiger partial charge on any atom is -0.481 e. The van der Waals surface area contributed by atoms with Crippen molar-refractivity contribution in [3.63, 3.8) is 0 Å². The van der Waals surface area contributed by atoms with Crippen molar-refractivity contribution in [3.05, 3.63) is 90.0 Å². The third-order valence-electron chi connectivity index (χ3n) is 7.31. The number of amidine groups is 1. The molecule has 1 unspecified atom stereocenters. The summed E-state index contributed by atoms with van der Waals surface area (Å²) >= 11 is 0. The fourth-order valence-corrected chi connectivity index (χ4v) is 5.35. The lowest BCUT2D eigenvalue weighted by Gasteiger charge is -2.28. The van der Waals surface area contributed by atoms with E-state index in [4.69, 9.17) is 15.8 Å². The predicted molar refractivity (Wildman–Crippen MR) is 136 cm³/mol. The highest BCUT2D eigenvalue weighted by Gasteiger charge is 2.46. The van der Waals surface area contributed by atoms with E-state index in [2.05, 4.69) is 35.3 Å². The number of carboxylic acids is 1. The van der Waals surface area contributed by atoms with E-state index in [0.29, 0.717) is 12.8 Å². The molecule has 1 aromatic heterocycles. The van der Waals surface area contributed by atoms with Crippen LogP contribution in [0.1, 0.15) is 31.2 Å². The van der Waals surface area contributed by atoms with E-state index in [1.807, 2.05) is 36.5 Å². The first-order chi connectivity index (χ1) is 17.0. The number of aliphatic carboxylic acids is 1. The van der Waals surface area contributed by atoms with Crippen molar-refractivity contribution in [3.8, 4) is 11.3 Å². The first-order valence-corrected chi connectivity index (χ1v) is 11.9. The summed E-state index contributed by atoms with van der Waals surface area (Å²) in [4.78, 5) is 25.8. The fraction of sp³-hybridized carbons (Fsp3) is 0.214. The van der Waals surface area contributed by atoms with Gasteiger partial charge in [0.1, 0.15) is 11.9 Å². The van der Waals surface area contributed by atoms with Crippen LogP contribution in [0.3, 0.4) is 0 Å². The average Bonchev–Trinajstić information content (AvgIpc) is 3.21. The monoisotopic (exact) mass is 464 g/mol. The quantitative estimate of drug-likeness (QED) is 0.419. The van der Waals surface area contributed by atoms with E-state index < -0.39 is 5.97 Å². The summed E-state index contributed by atoms with van der Waals surface area (Å²) in [5.41, 5.74) is 5.55. The second kappa shape index (κ2) is 8.37. The number of rotatable bonds is 4. The second-order valence-corrected chi connectivity index (χ2v) is 9.42. The van der Waals surface area contributed by atoms with Crippen LogP contribution in [0.15, 0.2) is 94.4 Å². The Bertz CT molecular complexity index is 1450. The predicted octanol–water partition coefficient (Wildman–Crippen LogP) is 5.01. The molecule has 3 aliphatic rings. The molecule has 7 nitrogen and oxygen atoms in total. The zero-order chi connectivity index (χ0) is 24.0. The van der Waals surface area contributed by atoms with E-state index >= 15 is 0 Å². The van der Waals surface area contributed by atoms with Crippen LogP contribution in [0.4, 0.5) is 0 Å². The number of carboxylic acid groups (broad SMARTS) is 1. The average molecular weight is 465 g/mol. The standard InChI is InChI=1S/C28H25N5O2/c29-33-15-14-30-17-25(33)26(20-7-9-21(10-8-20)28(34)35)32-27(33)22-11-6-19-12-13-23(31-24(19)16-22)18-4-2-1-3-5-18/h1-6,11-17,20-21H,7-10,29H2/p+1. The molecule has 3 aromatic rings. The maximum Gasteiger partial charge on any atom is 0.306 e. The van der Waals surface area contributed by atoms with E-state index in [-0.39, 0.29) is 16.4 Å². The van der Waals surface area contributed by atoms with Gasteiger partial charge in [-0.25, -0.2) is 4.98 Å². The van der Waals surface area contributed by atoms with Crippen LogP contribution in [0.25, 0.3) is 22.2 Å². The minimum absolute atomic E-state index is 0.0401. The van der Waals surface area contributed by atoms with Gasteiger partial charge in [-0.3, -0.25) is 9.79 Å². The van der Waals surface area contributed by atoms with E-state index in [1.165, 1.54) is 0 Å². The largest absolute Gasteiger partial charge is 0.481 e. The van der Waals surface area contributed by atoms with Gasteiger partial charge in [-0.1, -0.05) is 42.5 Å². The summed E-state index contributed by atoms with van der Waals surface area (Å²) in [7, 11) is 0. The van der Waals surface area contributed by atoms with E-state index in [0.717, 1.165) is 57.8 Å². The number of carbonyl (C=O) groups is 1. The number of pyridine rings is 1. The highest BCUT2D eigenvalue weighted by molar-refractivity contribution is 6.02. The van der Waals surface area contributed by atoms with Crippen LogP contribution in [-0.2, 0) is 4.79 Å². The lowest BCUT2D eigenvalue weighted by Crippen LogP contribution is -2.53. The Labute approximate surface area is 203 Å². The summed E-state index contributed by atoms with van der Waals surface area (Å²) in [6, 6.07) is 20.4.